The van der Waals surface area contributed by atoms with E-state index in [9.17, 15) is 0 Å². The van der Waals surface area contributed by atoms with Gasteiger partial charge in [-0.3, -0.25) is 0 Å². The molecule has 0 bridgehead atoms. The van der Waals surface area contributed by atoms with Crippen LogP contribution in [0.1, 0.15) is 30.6 Å². The van der Waals surface area contributed by atoms with Crippen LogP contribution in [0, 0.1) is 0 Å². The van der Waals surface area contributed by atoms with Crippen LogP contribution in [-0.2, 0) is 11.3 Å². The first-order chi connectivity index (χ1) is 10.1. The molecule has 2 rings (SSSR count). The number of benzene rings is 2. The standard InChI is InChI=1S/C17H19Cl2NO/c1-2-16(20)17(12-7-5-8-14(18)10-12)21-11-13-6-3-4-9-15(13)19/h3-10,16-17H,2,11,20H2,1H3. The summed E-state index contributed by atoms with van der Waals surface area (Å²) in [5, 5.41) is 1.38. The molecule has 0 aliphatic carbocycles. The van der Waals surface area contributed by atoms with Crippen LogP contribution in [0.15, 0.2) is 48.5 Å². The number of nitrogens with two attached hydrogens (primary N) is 1. The Balaban J connectivity index is 2.16. The van der Waals surface area contributed by atoms with Crippen molar-refractivity contribution < 1.29 is 4.74 Å². The summed E-state index contributed by atoms with van der Waals surface area (Å²) in [4.78, 5) is 0. The van der Waals surface area contributed by atoms with Gasteiger partial charge in [0.2, 0.25) is 0 Å². The maximum Gasteiger partial charge on any atom is 0.0980 e. The molecule has 0 heterocycles. The first-order valence-corrected chi connectivity index (χ1v) is 7.73. The number of hydrogen-bond acceptors (Lipinski definition) is 2. The third kappa shape index (κ3) is 4.45. The van der Waals surface area contributed by atoms with Crippen molar-refractivity contribution in [2.45, 2.75) is 32.1 Å². The zero-order valence-electron chi connectivity index (χ0n) is 11.9. The summed E-state index contributed by atoms with van der Waals surface area (Å²) in [6, 6.07) is 15.2. The van der Waals surface area contributed by atoms with Crippen LogP contribution in [0.25, 0.3) is 0 Å². The van der Waals surface area contributed by atoms with Gasteiger partial charge in [0.15, 0.2) is 0 Å². The minimum absolute atomic E-state index is 0.0917. The maximum atomic E-state index is 6.20. The second-order valence-corrected chi connectivity index (χ2v) is 5.79. The van der Waals surface area contributed by atoms with Gasteiger partial charge in [-0.15, -0.1) is 0 Å². The van der Waals surface area contributed by atoms with Gasteiger partial charge in [-0.05, 0) is 35.7 Å². The molecule has 0 aromatic heterocycles. The zero-order valence-corrected chi connectivity index (χ0v) is 13.4. The second-order valence-electron chi connectivity index (χ2n) is 4.95. The van der Waals surface area contributed by atoms with Crippen molar-refractivity contribution in [3.8, 4) is 0 Å². The van der Waals surface area contributed by atoms with E-state index in [-0.39, 0.29) is 12.1 Å². The molecule has 112 valence electrons. The Hall–Kier alpha value is -1.06. The van der Waals surface area contributed by atoms with Crippen molar-refractivity contribution in [1.82, 2.24) is 0 Å². The minimum Gasteiger partial charge on any atom is -0.367 e. The molecule has 0 saturated carbocycles. The molecular weight excluding hydrogens is 305 g/mol. The molecule has 0 aliphatic heterocycles. The van der Waals surface area contributed by atoms with Crippen LogP contribution in [0.5, 0.6) is 0 Å². The molecule has 0 radical (unpaired) electrons. The van der Waals surface area contributed by atoms with Crippen LogP contribution in [0.3, 0.4) is 0 Å². The molecule has 21 heavy (non-hydrogen) atoms. The van der Waals surface area contributed by atoms with Gasteiger partial charge in [-0.2, -0.15) is 0 Å². The predicted molar refractivity (Wildman–Crippen MR) is 88.7 cm³/mol. The van der Waals surface area contributed by atoms with E-state index in [2.05, 4.69) is 0 Å². The monoisotopic (exact) mass is 323 g/mol. The fraction of sp³-hybridized carbons (Fsp3) is 0.294. The molecule has 0 aliphatic rings. The van der Waals surface area contributed by atoms with E-state index in [4.69, 9.17) is 33.7 Å². The van der Waals surface area contributed by atoms with Crippen molar-refractivity contribution in [3.05, 3.63) is 69.7 Å². The Kier molecular flexibility index (Phi) is 6.07. The highest BCUT2D eigenvalue weighted by molar-refractivity contribution is 6.31. The van der Waals surface area contributed by atoms with E-state index in [0.29, 0.717) is 16.7 Å². The van der Waals surface area contributed by atoms with Crippen LogP contribution < -0.4 is 5.73 Å². The number of ether oxygens (including phenoxy) is 1. The van der Waals surface area contributed by atoms with Gasteiger partial charge in [0.05, 0.1) is 12.7 Å². The molecule has 2 nitrogen and oxygen atoms in total. The Bertz CT molecular complexity index is 589. The Morgan fingerprint density at radius 2 is 1.86 bits per heavy atom. The summed E-state index contributed by atoms with van der Waals surface area (Å²) in [7, 11) is 0. The third-order valence-corrected chi connectivity index (χ3v) is 4.02. The molecule has 2 aromatic carbocycles. The molecule has 2 atom stereocenters. The third-order valence-electron chi connectivity index (χ3n) is 3.41. The van der Waals surface area contributed by atoms with Crippen molar-refractivity contribution >= 4 is 23.2 Å². The molecule has 4 heteroatoms. The molecule has 0 amide bonds. The molecule has 0 spiro atoms. The second kappa shape index (κ2) is 7.81. The molecule has 0 fully saturated rings. The van der Waals surface area contributed by atoms with E-state index in [1.165, 1.54) is 0 Å². The highest BCUT2D eigenvalue weighted by Crippen LogP contribution is 2.27. The quantitative estimate of drug-likeness (QED) is 0.812. The summed E-state index contributed by atoms with van der Waals surface area (Å²) in [6.07, 6.45) is 0.615. The zero-order chi connectivity index (χ0) is 15.2. The predicted octanol–water partition coefficient (Wildman–Crippen LogP) is 4.99. The summed E-state index contributed by atoms with van der Waals surface area (Å²) in [6.45, 7) is 2.46. The lowest BCUT2D eigenvalue weighted by Gasteiger charge is -2.24. The van der Waals surface area contributed by atoms with Gasteiger partial charge in [-0.1, -0.05) is 60.5 Å². The average Bonchev–Trinajstić information content (AvgIpc) is 2.49. The van der Waals surface area contributed by atoms with Gasteiger partial charge in [0.1, 0.15) is 0 Å². The molecule has 2 N–H and O–H groups in total. The maximum absolute atomic E-state index is 6.20. The van der Waals surface area contributed by atoms with Crippen LogP contribution >= 0.6 is 23.2 Å². The first-order valence-electron chi connectivity index (χ1n) is 6.98. The van der Waals surface area contributed by atoms with Crippen molar-refractivity contribution in [2.75, 3.05) is 0 Å². The fourth-order valence-electron chi connectivity index (χ4n) is 2.16. The molecule has 2 unspecified atom stereocenters. The lowest BCUT2D eigenvalue weighted by Crippen LogP contribution is -2.29. The lowest BCUT2D eigenvalue weighted by molar-refractivity contribution is 0.0213. The highest BCUT2D eigenvalue weighted by atomic mass is 35.5. The Labute approximate surface area is 135 Å². The largest absolute Gasteiger partial charge is 0.367 e. The minimum atomic E-state index is -0.204. The first kappa shape index (κ1) is 16.3. The number of halogens is 2. The van der Waals surface area contributed by atoms with E-state index in [0.717, 1.165) is 17.5 Å². The van der Waals surface area contributed by atoms with E-state index in [1.807, 2.05) is 55.5 Å². The van der Waals surface area contributed by atoms with Crippen LogP contribution in [0.4, 0.5) is 0 Å². The fourth-order valence-corrected chi connectivity index (χ4v) is 2.55. The summed E-state index contributed by atoms with van der Waals surface area (Å²) in [5.41, 5.74) is 8.14. The topological polar surface area (TPSA) is 35.2 Å². The smallest absolute Gasteiger partial charge is 0.0980 e. The molecular formula is C17H19Cl2NO. The average molecular weight is 324 g/mol. The van der Waals surface area contributed by atoms with Crippen molar-refractivity contribution in [1.29, 1.82) is 0 Å². The van der Waals surface area contributed by atoms with Crippen LogP contribution in [-0.4, -0.2) is 6.04 Å². The van der Waals surface area contributed by atoms with Gasteiger partial charge < -0.3 is 10.5 Å². The summed E-state index contributed by atoms with van der Waals surface area (Å²) in [5.74, 6) is 0. The van der Waals surface area contributed by atoms with Gasteiger partial charge in [0, 0.05) is 16.1 Å². The van der Waals surface area contributed by atoms with Gasteiger partial charge in [-0.25, -0.2) is 0 Å². The Morgan fingerprint density at radius 1 is 1.10 bits per heavy atom. The van der Waals surface area contributed by atoms with E-state index < -0.39 is 0 Å². The summed E-state index contributed by atoms with van der Waals surface area (Å²) >= 11 is 12.2. The van der Waals surface area contributed by atoms with Crippen LogP contribution in [0.2, 0.25) is 10.0 Å². The van der Waals surface area contributed by atoms with Crippen molar-refractivity contribution in [2.24, 2.45) is 5.73 Å². The highest BCUT2D eigenvalue weighted by Gasteiger charge is 2.20. The summed E-state index contributed by atoms with van der Waals surface area (Å²) < 4.78 is 6.03. The number of hydrogen-bond donors (Lipinski definition) is 1. The van der Waals surface area contributed by atoms with Gasteiger partial charge in [0.25, 0.3) is 0 Å². The van der Waals surface area contributed by atoms with E-state index in [1.54, 1.807) is 0 Å². The normalized spacial score (nSPS) is 13.9. The van der Waals surface area contributed by atoms with E-state index >= 15 is 0 Å². The van der Waals surface area contributed by atoms with Crippen molar-refractivity contribution in [3.63, 3.8) is 0 Å². The SMILES string of the molecule is CCC(N)C(OCc1ccccc1Cl)c1cccc(Cl)c1. The number of rotatable bonds is 6. The molecule has 2 aromatic rings. The van der Waals surface area contributed by atoms with Gasteiger partial charge >= 0.3 is 0 Å². The molecule has 0 saturated heterocycles. The lowest BCUT2D eigenvalue weighted by atomic mass is 10.0. The Morgan fingerprint density at radius 3 is 2.52 bits per heavy atom.